The standard InChI is InChI=1S/C24H26FN5O3/c1-13-5-20-21(29-23(13)31)6-15(9-26-20)11-30-12-22(14(30)2)33-18-3-4-19(27-10-18)24(32)28-17-7-16(25)8-17/h3-6,9-10,14,16-17,22H,7-8,11-12H2,1-2H3,(H,28,32)(H,29,31)/t14-,16-,17+,22+/m1/s1. The number of nitrogens with one attached hydrogen (secondary N) is 2. The first-order chi connectivity index (χ1) is 15.9. The number of nitrogens with zero attached hydrogens (tertiary/aromatic N) is 3. The van der Waals surface area contributed by atoms with Crippen LogP contribution in [0.3, 0.4) is 0 Å². The van der Waals surface area contributed by atoms with E-state index in [1.807, 2.05) is 12.3 Å². The first kappa shape index (κ1) is 21.5. The summed E-state index contributed by atoms with van der Waals surface area (Å²) in [5, 5.41) is 2.78. The van der Waals surface area contributed by atoms with Crippen LogP contribution in [0.25, 0.3) is 11.0 Å². The number of amides is 1. The van der Waals surface area contributed by atoms with E-state index in [2.05, 4.69) is 32.1 Å². The fourth-order valence-electron chi connectivity index (χ4n) is 4.22. The normalized spacial score (nSPS) is 24.7. The van der Waals surface area contributed by atoms with Crippen molar-refractivity contribution in [1.29, 1.82) is 0 Å². The van der Waals surface area contributed by atoms with Gasteiger partial charge in [-0.25, -0.2) is 9.37 Å². The fraction of sp³-hybridized carbons (Fsp3) is 0.417. The molecule has 3 aromatic rings. The van der Waals surface area contributed by atoms with E-state index in [0.717, 1.165) is 23.1 Å². The van der Waals surface area contributed by atoms with Gasteiger partial charge in [-0.05, 0) is 56.5 Å². The van der Waals surface area contributed by atoms with Crippen LogP contribution in [0.5, 0.6) is 5.75 Å². The van der Waals surface area contributed by atoms with Crippen molar-refractivity contribution >= 4 is 16.9 Å². The third kappa shape index (κ3) is 4.45. The number of pyridine rings is 3. The van der Waals surface area contributed by atoms with Crippen molar-refractivity contribution < 1.29 is 13.9 Å². The maximum absolute atomic E-state index is 12.9. The van der Waals surface area contributed by atoms with E-state index in [1.54, 1.807) is 31.3 Å². The highest BCUT2D eigenvalue weighted by molar-refractivity contribution is 5.92. The molecule has 0 bridgehead atoms. The minimum atomic E-state index is -0.811. The van der Waals surface area contributed by atoms with E-state index in [9.17, 15) is 14.0 Å². The summed E-state index contributed by atoms with van der Waals surface area (Å²) in [6, 6.07) is 7.21. The maximum Gasteiger partial charge on any atom is 0.270 e. The number of alkyl halides is 1. The Hall–Kier alpha value is -3.33. The van der Waals surface area contributed by atoms with E-state index in [1.165, 1.54) is 0 Å². The Balaban J connectivity index is 1.15. The molecule has 2 fully saturated rings. The van der Waals surface area contributed by atoms with Gasteiger partial charge in [0.05, 0.1) is 17.2 Å². The number of H-pyrrole nitrogens is 1. The lowest BCUT2D eigenvalue weighted by molar-refractivity contribution is -0.0415. The third-order valence-electron chi connectivity index (χ3n) is 6.52. The average molecular weight is 452 g/mol. The van der Waals surface area contributed by atoms with Crippen molar-refractivity contribution in [3.8, 4) is 5.75 Å². The Labute approximate surface area is 190 Å². The molecule has 0 unspecified atom stereocenters. The molecule has 1 aliphatic heterocycles. The number of halogens is 1. The van der Waals surface area contributed by atoms with E-state index in [0.29, 0.717) is 36.4 Å². The number of aromatic amines is 1. The molecule has 33 heavy (non-hydrogen) atoms. The molecule has 9 heteroatoms. The lowest BCUT2D eigenvalue weighted by Gasteiger charge is -2.45. The van der Waals surface area contributed by atoms with Crippen molar-refractivity contribution in [3.05, 3.63) is 63.8 Å². The first-order valence-corrected chi connectivity index (χ1v) is 11.2. The molecule has 172 valence electrons. The number of carbonyl (C=O) groups is 1. The molecule has 2 aliphatic rings. The Kier molecular flexibility index (Phi) is 5.57. The zero-order valence-corrected chi connectivity index (χ0v) is 18.5. The van der Waals surface area contributed by atoms with Crippen LogP contribution < -0.4 is 15.6 Å². The maximum atomic E-state index is 12.9. The van der Waals surface area contributed by atoms with Gasteiger partial charge in [-0.2, -0.15) is 0 Å². The third-order valence-corrected chi connectivity index (χ3v) is 6.52. The number of fused-ring (bicyclic) bond motifs is 1. The van der Waals surface area contributed by atoms with Crippen LogP contribution in [-0.2, 0) is 6.54 Å². The summed E-state index contributed by atoms with van der Waals surface area (Å²) >= 11 is 0. The molecule has 1 aliphatic carbocycles. The molecule has 5 rings (SSSR count). The van der Waals surface area contributed by atoms with E-state index >= 15 is 0 Å². The van der Waals surface area contributed by atoms with Crippen molar-refractivity contribution in [2.24, 2.45) is 0 Å². The van der Waals surface area contributed by atoms with Crippen LogP contribution in [0, 0.1) is 6.92 Å². The molecule has 2 atom stereocenters. The monoisotopic (exact) mass is 451 g/mol. The largest absolute Gasteiger partial charge is 0.486 e. The lowest BCUT2D eigenvalue weighted by Crippen LogP contribution is -2.60. The molecule has 1 amide bonds. The number of aromatic nitrogens is 3. The van der Waals surface area contributed by atoms with Crippen LogP contribution in [0.15, 0.2) is 41.5 Å². The smallest absolute Gasteiger partial charge is 0.270 e. The summed E-state index contributed by atoms with van der Waals surface area (Å²) in [5.74, 6) is 0.318. The highest BCUT2D eigenvalue weighted by Gasteiger charge is 2.37. The van der Waals surface area contributed by atoms with Crippen LogP contribution in [0.2, 0.25) is 0 Å². The van der Waals surface area contributed by atoms with E-state index < -0.39 is 6.17 Å². The number of likely N-dealkylation sites (tertiary alicyclic amines) is 1. The van der Waals surface area contributed by atoms with Gasteiger partial charge < -0.3 is 15.0 Å². The zero-order chi connectivity index (χ0) is 23.1. The number of hydrogen-bond acceptors (Lipinski definition) is 6. The molecule has 0 spiro atoms. The summed E-state index contributed by atoms with van der Waals surface area (Å²) in [6.07, 6.45) is 3.33. The molecule has 1 saturated carbocycles. The predicted octanol–water partition coefficient (Wildman–Crippen LogP) is 2.51. The van der Waals surface area contributed by atoms with Gasteiger partial charge >= 0.3 is 0 Å². The molecule has 0 aromatic carbocycles. The van der Waals surface area contributed by atoms with Crippen LogP contribution in [-0.4, -0.2) is 56.7 Å². The SMILES string of the molecule is Cc1cc2ncc(CN3C[C@H](Oc4ccc(C(=O)N[C@H]5C[C@@H](F)C5)nc4)[C@H]3C)cc2[nH]c1=O. The summed E-state index contributed by atoms with van der Waals surface area (Å²) in [6.45, 7) is 5.32. The summed E-state index contributed by atoms with van der Waals surface area (Å²) < 4.78 is 18.9. The number of ether oxygens (including phenoxy) is 1. The number of hydrogen-bond donors (Lipinski definition) is 2. The number of carbonyl (C=O) groups excluding carboxylic acids is 1. The first-order valence-electron chi connectivity index (χ1n) is 11.2. The molecular weight excluding hydrogens is 425 g/mol. The number of aryl methyl sites for hydroxylation is 1. The lowest BCUT2D eigenvalue weighted by atomic mass is 9.91. The molecular formula is C24H26FN5O3. The molecule has 8 nitrogen and oxygen atoms in total. The van der Waals surface area contributed by atoms with Gasteiger partial charge in [0.25, 0.3) is 11.5 Å². The van der Waals surface area contributed by atoms with Gasteiger partial charge in [-0.1, -0.05) is 0 Å². The van der Waals surface area contributed by atoms with Crippen LogP contribution >= 0.6 is 0 Å². The number of rotatable bonds is 6. The van der Waals surface area contributed by atoms with Gasteiger partial charge in [0, 0.05) is 36.9 Å². The van der Waals surface area contributed by atoms with Crippen molar-refractivity contribution in [1.82, 2.24) is 25.2 Å². The van der Waals surface area contributed by atoms with Crippen molar-refractivity contribution in [2.45, 2.75) is 57.6 Å². The zero-order valence-electron chi connectivity index (χ0n) is 18.5. The molecule has 3 aromatic heterocycles. The van der Waals surface area contributed by atoms with E-state index in [-0.39, 0.29) is 29.7 Å². The summed E-state index contributed by atoms with van der Waals surface area (Å²) in [7, 11) is 0. The fourth-order valence-corrected chi connectivity index (χ4v) is 4.22. The topological polar surface area (TPSA) is 100 Å². The minimum Gasteiger partial charge on any atom is -0.486 e. The van der Waals surface area contributed by atoms with Gasteiger partial charge in [0.1, 0.15) is 23.7 Å². The minimum absolute atomic E-state index is 0.0128. The van der Waals surface area contributed by atoms with Gasteiger partial charge in [-0.15, -0.1) is 0 Å². The quantitative estimate of drug-likeness (QED) is 0.597. The highest BCUT2D eigenvalue weighted by atomic mass is 19.1. The molecule has 0 radical (unpaired) electrons. The average Bonchev–Trinajstić information content (AvgIpc) is 2.78. The van der Waals surface area contributed by atoms with Crippen LogP contribution in [0.4, 0.5) is 4.39 Å². The highest BCUT2D eigenvalue weighted by Crippen LogP contribution is 2.26. The Bertz CT molecular complexity index is 1240. The Morgan fingerprint density at radius 3 is 2.79 bits per heavy atom. The predicted molar refractivity (Wildman–Crippen MR) is 121 cm³/mol. The van der Waals surface area contributed by atoms with Crippen LogP contribution in [0.1, 0.15) is 41.4 Å². The Morgan fingerprint density at radius 2 is 2.09 bits per heavy atom. The second kappa shape index (κ2) is 8.55. The van der Waals surface area contributed by atoms with Gasteiger partial charge in [0.15, 0.2) is 0 Å². The molecule has 1 saturated heterocycles. The van der Waals surface area contributed by atoms with E-state index in [4.69, 9.17) is 4.74 Å². The Morgan fingerprint density at radius 1 is 1.27 bits per heavy atom. The van der Waals surface area contributed by atoms with Gasteiger partial charge in [-0.3, -0.25) is 19.5 Å². The van der Waals surface area contributed by atoms with Crippen molar-refractivity contribution in [3.63, 3.8) is 0 Å². The summed E-state index contributed by atoms with van der Waals surface area (Å²) in [5.41, 5.74) is 3.38. The van der Waals surface area contributed by atoms with Gasteiger partial charge in [0.2, 0.25) is 0 Å². The second-order valence-electron chi connectivity index (χ2n) is 9.00. The summed E-state index contributed by atoms with van der Waals surface area (Å²) in [4.78, 5) is 37.9. The molecule has 2 N–H and O–H groups in total. The molecule has 4 heterocycles. The second-order valence-corrected chi connectivity index (χ2v) is 9.00. The van der Waals surface area contributed by atoms with Crippen molar-refractivity contribution in [2.75, 3.05) is 6.54 Å².